The molecule has 17 nitrogen and oxygen atoms in total. The number of hydrogen-bond acceptors (Lipinski definition) is 11. The van der Waals surface area contributed by atoms with E-state index in [2.05, 4.69) is 26.6 Å². The van der Waals surface area contributed by atoms with Gasteiger partial charge in [0, 0.05) is 22.5 Å². The standard InChI is InChI=1S/C43H35FN6O11/c1-60-36-31(18-16-28(34(36)51)40(55)49-32-19-17-29(43(58)59)35(52)37(32)61-2)48-38(53)24-10-14-27(15-11-24)47-42(57)33(20-21-45)50-39(54)25-8-12-26(13-9-25)46-41(56)30(44)22-23-6-4-3-5-7-23/h3-19,22,33,51-52H,20H2,1-2H3,(H,46,56)(H,47,57)(H,48,53)(H,49,55)(H,50,54)(H,58,59)/b30-22-/t33-/m0/s1. The number of nitrogens with zero attached hydrogens (tertiary/aromatic N) is 1. The lowest BCUT2D eigenvalue weighted by molar-refractivity contribution is -0.118. The minimum Gasteiger partial charge on any atom is -0.504 e. The number of ether oxygens (including phenoxy) is 2. The van der Waals surface area contributed by atoms with Crippen LogP contribution in [0.3, 0.4) is 0 Å². The summed E-state index contributed by atoms with van der Waals surface area (Å²) in [6.45, 7) is 0. The number of amides is 5. The summed E-state index contributed by atoms with van der Waals surface area (Å²) < 4.78 is 24.7. The van der Waals surface area contributed by atoms with Crippen molar-refractivity contribution in [3.8, 4) is 29.1 Å². The number of carbonyl (C=O) groups excluding carboxylic acids is 5. The van der Waals surface area contributed by atoms with Gasteiger partial charge < -0.3 is 51.4 Å². The van der Waals surface area contributed by atoms with Crippen molar-refractivity contribution in [1.82, 2.24) is 5.32 Å². The van der Waals surface area contributed by atoms with Crippen LogP contribution in [0.4, 0.5) is 27.1 Å². The van der Waals surface area contributed by atoms with Gasteiger partial charge in [0.25, 0.3) is 23.6 Å². The molecule has 1 atom stereocenters. The molecule has 0 spiro atoms. The van der Waals surface area contributed by atoms with Gasteiger partial charge in [0.2, 0.25) is 5.91 Å². The Balaban J connectivity index is 1.18. The predicted octanol–water partition coefficient (Wildman–Crippen LogP) is 5.92. The number of benzene rings is 5. The van der Waals surface area contributed by atoms with Gasteiger partial charge in [0.05, 0.1) is 43.6 Å². The molecule has 8 N–H and O–H groups in total. The zero-order valence-corrected chi connectivity index (χ0v) is 32.1. The first kappa shape index (κ1) is 43.4. The number of carboxylic acid groups (broad SMARTS) is 1. The SMILES string of the molecule is COc1c(NC(=O)c2ccc(NC(=O)c3ccc(NC(=O)[C@H](CC#N)NC(=O)c4ccc(NC(=O)/C(F)=C/c5ccccc5)cc4)cc3)c(OC)c2O)ccc(C(=O)O)c1O. The summed E-state index contributed by atoms with van der Waals surface area (Å²) in [5.41, 5.74) is 0.166. The van der Waals surface area contributed by atoms with Crippen molar-refractivity contribution in [2.24, 2.45) is 0 Å². The first-order chi connectivity index (χ1) is 29.2. The molecular weight excluding hydrogens is 796 g/mol. The number of carbonyl (C=O) groups is 6. The number of phenols is 2. The molecule has 0 radical (unpaired) electrons. The molecule has 0 aromatic heterocycles. The van der Waals surface area contributed by atoms with Crippen molar-refractivity contribution in [2.45, 2.75) is 12.5 Å². The Labute approximate surface area is 346 Å². The quantitative estimate of drug-likeness (QED) is 0.0572. The second-order valence-electron chi connectivity index (χ2n) is 12.7. The molecule has 5 rings (SSSR count). The lowest BCUT2D eigenvalue weighted by Gasteiger charge is -2.17. The third kappa shape index (κ3) is 10.6. The van der Waals surface area contributed by atoms with E-state index in [0.717, 1.165) is 19.3 Å². The van der Waals surface area contributed by atoms with E-state index in [4.69, 9.17) is 9.47 Å². The largest absolute Gasteiger partial charge is 0.504 e. The maximum atomic E-state index is 14.4. The van der Waals surface area contributed by atoms with Crippen LogP contribution >= 0.6 is 0 Å². The van der Waals surface area contributed by atoms with E-state index in [-0.39, 0.29) is 50.9 Å². The summed E-state index contributed by atoms with van der Waals surface area (Å²) in [5.74, 6) is -8.48. The summed E-state index contributed by atoms with van der Waals surface area (Å²) in [5, 5.41) is 52.2. The van der Waals surface area contributed by atoms with Crippen LogP contribution < -0.4 is 36.1 Å². The number of phenolic OH excluding ortho intramolecular Hbond substituents is 1. The summed E-state index contributed by atoms with van der Waals surface area (Å²) in [6, 6.07) is 24.6. The van der Waals surface area contributed by atoms with Gasteiger partial charge in [0.15, 0.2) is 28.8 Å². The van der Waals surface area contributed by atoms with Crippen LogP contribution in [0, 0.1) is 11.3 Å². The van der Waals surface area contributed by atoms with Crippen LogP contribution in [-0.2, 0) is 9.59 Å². The monoisotopic (exact) mass is 830 g/mol. The zero-order valence-electron chi connectivity index (χ0n) is 32.1. The van der Waals surface area contributed by atoms with Crippen molar-refractivity contribution in [3.05, 3.63) is 137 Å². The molecular formula is C43H35FN6O11. The van der Waals surface area contributed by atoms with Gasteiger partial charge in [-0.25, -0.2) is 9.18 Å². The topological polar surface area (TPSA) is 266 Å². The summed E-state index contributed by atoms with van der Waals surface area (Å²) in [6.07, 6.45) is 0.678. The molecule has 0 aliphatic rings. The minimum atomic E-state index is -1.43. The first-order valence-electron chi connectivity index (χ1n) is 17.8. The predicted molar refractivity (Wildman–Crippen MR) is 219 cm³/mol. The number of anilines is 4. The Kier molecular flexibility index (Phi) is 14.0. The van der Waals surface area contributed by atoms with E-state index in [1.165, 1.54) is 73.8 Å². The summed E-state index contributed by atoms with van der Waals surface area (Å²) in [4.78, 5) is 76.0. The maximum Gasteiger partial charge on any atom is 0.339 e. The number of carboxylic acids is 1. The van der Waals surface area contributed by atoms with Crippen molar-refractivity contribution in [3.63, 3.8) is 0 Å². The molecule has 5 aromatic carbocycles. The zero-order chi connectivity index (χ0) is 44.2. The van der Waals surface area contributed by atoms with E-state index in [1.807, 2.05) is 6.07 Å². The normalized spacial score (nSPS) is 11.2. The smallest absolute Gasteiger partial charge is 0.339 e. The Bertz CT molecular complexity index is 2580. The molecule has 0 aliphatic carbocycles. The number of hydrogen-bond donors (Lipinski definition) is 8. The number of nitrogens with one attached hydrogen (secondary N) is 5. The highest BCUT2D eigenvalue weighted by molar-refractivity contribution is 6.11. The van der Waals surface area contributed by atoms with Gasteiger partial charge in [-0.1, -0.05) is 30.3 Å². The molecule has 0 saturated carbocycles. The number of aromatic hydroxyl groups is 2. The van der Waals surface area contributed by atoms with Gasteiger partial charge in [-0.2, -0.15) is 5.26 Å². The van der Waals surface area contributed by atoms with E-state index < -0.39 is 70.9 Å². The molecule has 0 bridgehead atoms. The Morgan fingerprint density at radius 1 is 0.672 bits per heavy atom. The van der Waals surface area contributed by atoms with Crippen molar-refractivity contribution in [1.29, 1.82) is 5.26 Å². The molecule has 0 saturated heterocycles. The van der Waals surface area contributed by atoms with Crippen LogP contribution in [0.25, 0.3) is 6.08 Å². The van der Waals surface area contributed by atoms with Crippen molar-refractivity contribution in [2.75, 3.05) is 35.5 Å². The van der Waals surface area contributed by atoms with Crippen molar-refractivity contribution < 1.29 is 58.0 Å². The second-order valence-corrected chi connectivity index (χ2v) is 12.7. The summed E-state index contributed by atoms with van der Waals surface area (Å²) >= 11 is 0. The van der Waals surface area contributed by atoms with Gasteiger partial charge >= 0.3 is 5.97 Å². The lowest BCUT2D eigenvalue weighted by Crippen LogP contribution is -2.43. The third-order valence-electron chi connectivity index (χ3n) is 8.69. The average Bonchev–Trinajstić information content (AvgIpc) is 3.24. The second kappa shape index (κ2) is 19.6. The number of nitriles is 1. The van der Waals surface area contributed by atoms with E-state index in [0.29, 0.717) is 5.56 Å². The number of methoxy groups -OCH3 is 2. The van der Waals surface area contributed by atoms with Crippen LogP contribution in [-0.4, -0.2) is 71.1 Å². The van der Waals surface area contributed by atoms with Gasteiger partial charge in [-0.05, 0) is 84.4 Å². The van der Waals surface area contributed by atoms with Crippen LogP contribution in [0.1, 0.15) is 53.4 Å². The van der Waals surface area contributed by atoms with Gasteiger partial charge in [-0.3, -0.25) is 24.0 Å². The molecule has 5 amide bonds. The number of aromatic carboxylic acids is 1. The Hall–Kier alpha value is -8.72. The molecule has 0 aliphatic heterocycles. The molecule has 0 fully saturated rings. The van der Waals surface area contributed by atoms with E-state index in [9.17, 15) is 53.7 Å². The Morgan fingerprint density at radius 3 is 1.72 bits per heavy atom. The highest BCUT2D eigenvalue weighted by atomic mass is 19.1. The molecule has 310 valence electrons. The molecule has 0 unspecified atom stereocenters. The third-order valence-corrected chi connectivity index (χ3v) is 8.69. The molecule has 5 aromatic rings. The molecule has 18 heteroatoms. The fourth-order valence-electron chi connectivity index (χ4n) is 5.63. The highest BCUT2D eigenvalue weighted by Gasteiger charge is 2.25. The number of halogens is 1. The average molecular weight is 831 g/mol. The highest BCUT2D eigenvalue weighted by Crippen LogP contribution is 2.40. The lowest BCUT2D eigenvalue weighted by atomic mass is 10.1. The first-order valence-corrected chi connectivity index (χ1v) is 17.8. The molecule has 0 heterocycles. The summed E-state index contributed by atoms with van der Waals surface area (Å²) in [7, 11) is 2.34. The number of rotatable bonds is 15. The van der Waals surface area contributed by atoms with Gasteiger partial charge in [0.1, 0.15) is 11.6 Å². The van der Waals surface area contributed by atoms with E-state index >= 15 is 0 Å². The molecule has 61 heavy (non-hydrogen) atoms. The fourth-order valence-corrected chi connectivity index (χ4v) is 5.63. The van der Waals surface area contributed by atoms with Crippen LogP contribution in [0.5, 0.6) is 23.0 Å². The van der Waals surface area contributed by atoms with E-state index in [1.54, 1.807) is 30.3 Å². The maximum absolute atomic E-state index is 14.4. The Morgan fingerprint density at radius 2 is 1.18 bits per heavy atom. The van der Waals surface area contributed by atoms with Crippen LogP contribution in [0.2, 0.25) is 0 Å². The van der Waals surface area contributed by atoms with Crippen LogP contribution in [0.15, 0.2) is 109 Å². The van der Waals surface area contributed by atoms with Crippen molar-refractivity contribution >= 4 is 64.3 Å². The minimum absolute atomic E-state index is 0.0284. The fraction of sp³-hybridized carbons (Fsp3) is 0.0930. The van der Waals surface area contributed by atoms with Gasteiger partial charge in [-0.15, -0.1) is 0 Å².